The highest BCUT2D eigenvalue weighted by molar-refractivity contribution is 9.10. The standard InChI is InChI=1S/C11H17BrN2O2S2/c1-8-6-14(7-10(8)13(2)3)18(15,16)11-9(12)4-5-17-11/h4-5,8,10H,6-7H2,1-3H3. The molecule has 4 nitrogen and oxygen atoms in total. The van der Waals surface area contributed by atoms with Crippen molar-refractivity contribution in [2.45, 2.75) is 17.2 Å². The van der Waals surface area contributed by atoms with E-state index < -0.39 is 10.0 Å². The Labute approximate surface area is 121 Å². The Bertz CT molecular complexity index is 527. The summed E-state index contributed by atoms with van der Waals surface area (Å²) in [5, 5.41) is 1.79. The zero-order valence-corrected chi connectivity index (χ0v) is 13.8. The fraction of sp³-hybridized carbons (Fsp3) is 0.636. The van der Waals surface area contributed by atoms with Crippen molar-refractivity contribution in [1.29, 1.82) is 0 Å². The average molecular weight is 353 g/mol. The van der Waals surface area contributed by atoms with Gasteiger partial charge < -0.3 is 4.90 Å². The molecule has 7 heteroatoms. The lowest BCUT2D eigenvalue weighted by Gasteiger charge is -2.22. The molecule has 102 valence electrons. The Kier molecular flexibility index (Phi) is 4.18. The lowest BCUT2D eigenvalue weighted by molar-refractivity contribution is 0.263. The van der Waals surface area contributed by atoms with Gasteiger partial charge in [0.05, 0.1) is 0 Å². The molecule has 1 saturated heterocycles. The van der Waals surface area contributed by atoms with E-state index in [9.17, 15) is 8.42 Å². The Morgan fingerprint density at radius 3 is 2.56 bits per heavy atom. The Hall–Kier alpha value is 0.0500. The van der Waals surface area contributed by atoms with Crippen molar-refractivity contribution in [2.24, 2.45) is 5.92 Å². The SMILES string of the molecule is CC1CN(S(=O)(=O)c2sccc2Br)CC1N(C)C. The van der Waals surface area contributed by atoms with Crippen LogP contribution in [0.3, 0.4) is 0 Å². The van der Waals surface area contributed by atoms with Crippen LogP contribution in [-0.4, -0.2) is 50.8 Å². The predicted molar refractivity (Wildman–Crippen MR) is 77.4 cm³/mol. The first-order valence-electron chi connectivity index (χ1n) is 5.73. The van der Waals surface area contributed by atoms with Gasteiger partial charge in [-0.05, 0) is 47.4 Å². The lowest BCUT2D eigenvalue weighted by atomic mass is 10.1. The second-order valence-electron chi connectivity index (χ2n) is 4.89. The summed E-state index contributed by atoms with van der Waals surface area (Å²) < 4.78 is 27.7. The molecule has 1 aromatic rings. The van der Waals surface area contributed by atoms with Gasteiger partial charge in [-0.3, -0.25) is 0 Å². The van der Waals surface area contributed by atoms with Crippen LogP contribution in [0, 0.1) is 5.92 Å². The summed E-state index contributed by atoms with van der Waals surface area (Å²) in [7, 11) is 0.650. The topological polar surface area (TPSA) is 40.6 Å². The molecule has 1 aliphatic heterocycles. The van der Waals surface area contributed by atoms with E-state index in [0.717, 1.165) is 0 Å². The van der Waals surface area contributed by atoms with E-state index in [1.54, 1.807) is 15.8 Å². The van der Waals surface area contributed by atoms with Crippen LogP contribution < -0.4 is 0 Å². The van der Waals surface area contributed by atoms with Crippen molar-refractivity contribution >= 4 is 37.3 Å². The third-order valence-corrected chi connectivity index (χ3v) is 7.84. The van der Waals surface area contributed by atoms with Gasteiger partial charge in [0.1, 0.15) is 4.21 Å². The van der Waals surface area contributed by atoms with Crippen molar-refractivity contribution in [1.82, 2.24) is 9.21 Å². The van der Waals surface area contributed by atoms with Crippen molar-refractivity contribution in [3.05, 3.63) is 15.9 Å². The van der Waals surface area contributed by atoms with Crippen molar-refractivity contribution in [3.63, 3.8) is 0 Å². The van der Waals surface area contributed by atoms with Gasteiger partial charge in [0.25, 0.3) is 10.0 Å². The van der Waals surface area contributed by atoms with Crippen LogP contribution >= 0.6 is 27.3 Å². The minimum atomic E-state index is -3.35. The van der Waals surface area contributed by atoms with Crippen LogP contribution in [0.1, 0.15) is 6.92 Å². The van der Waals surface area contributed by atoms with Gasteiger partial charge in [-0.2, -0.15) is 4.31 Å². The fourth-order valence-corrected chi connectivity index (χ4v) is 6.36. The second kappa shape index (κ2) is 5.20. The number of halogens is 1. The van der Waals surface area contributed by atoms with Crippen LogP contribution in [0.2, 0.25) is 0 Å². The molecule has 0 aliphatic carbocycles. The summed E-state index contributed by atoms with van der Waals surface area (Å²) in [5.41, 5.74) is 0. The normalized spacial score (nSPS) is 26.1. The zero-order chi connectivity index (χ0) is 13.5. The molecule has 18 heavy (non-hydrogen) atoms. The molecule has 0 radical (unpaired) electrons. The monoisotopic (exact) mass is 352 g/mol. The molecular formula is C11H17BrN2O2S2. The summed E-state index contributed by atoms with van der Waals surface area (Å²) >= 11 is 4.57. The van der Waals surface area contributed by atoms with Crippen LogP contribution in [0.15, 0.2) is 20.1 Å². The first-order valence-corrected chi connectivity index (χ1v) is 8.85. The lowest BCUT2D eigenvalue weighted by Crippen LogP contribution is -2.35. The van der Waals surface area contributed by atoms with E-state index in [1.165, 1.54) is 11.3 Å². The molecule has 0 N–H and O–H groups in total. The zero-order valence-electron chi connectivity index (χ0n) is 10.6. The van der Waals surface area contributed by atoms with Crippen LogP contribution in [0.25, 0.3) is 0 Å². The smallest absolute Gasteiger partial charge is 0.253 e. The van der Waals surface area contributed by atoms with Crippen LogP contribution in [0.5, 0.6) is 0 Å². The molecule has 0 amide bonds. The first kappa shape index (κ1) is 14.5. The summed E-state index contributed by atoms with van der Waals surface area (Å²) in [6, 6.07) is 2.07. The Balaban J connectivity index is 2.26. The second-order valence-corrected chi connectivity index (χ2v) is 8.79. The Morgan fingerprint density at radius 1 is 1.44 bits per heavy atom. The summed E-state index contributed by atoms with van der Waals surface area (Å²) in [5.74, 6) is 0.355. The van der Waals surface area contributed by atoms with E-state index in [0.29, 0.717) is 33.7 Å². The number of likely N-dealkylation sites (N-methyl/N-ethyl adjacent to an activating group) is 1. The van der Waals surface area contributed by atoms with E-state index in [1.807, 2.05) is 14.1 Å². The number of rotatable bonds is 3. The Morgan fingerprint density at radius 2 is 2.11 bits per heavy atom. The van der Waals surface area contributed by atoms with Crippen LogP contribution in [-0.2, 0) is 10.0 Å². The highest BCUT2D eigenvalue weighted by Gasteiger charge is 2.39. The maximum absolute atomic E-state index is 12.5. The summed E-state index contributed by atoms with van der Waals surface area (Å²) in [6.45, 7) is 3.26. The first-order chi connectivity index (χ1) is 8.34. The maximum atomic E-state index is 12.5. The van der Waals surface area contributed by atoms with Gasteiger partial charge in [0, 0.05) is 23.6 Å². The van der Waals surface area contributed by atoms with Crippen LogP contribution in [0.4, 0.5) is 0 Å². The van der Waals surface area contributed by atoms with Gasteiger partial charge in [0.15, 0.2) is 0 Å². The van der Waals surface area contributed by atoms with E-state index >= 15 is 0 Å². The molecule has 1 fully saturated rings. The predicted octanol–water partition coefficient (Wildman–Crippen LogP) is 2.08. The third kappa shape index (κ3) is 2.51. The molecule has 1 aromatic heterocycles. The molecule has 0 spiro atoms. The molecule has 2 heterocycles. The highest BCUT2D eigenvalue weighted by Crippen LogP contribution is 2.33. The molecule has 2 atom stereocenters. The molecule has 0 aromatic carbocycles. The summed E-state index contributed by atoms with van der Waals surface area (Å²) in [4.78, 5) is 2.10. The van der Waals surface area contributed by atoms with Gasteiger partial charge in [0.2, 0.25) is 0 Å². The number of sulfonamides is 1. The maximum Gasteiger partial charge on any atom is 0.253 e. The number of hydrogen-bond acceptors (Lipinski definition) is 4. The van der Waals surface area contributed by atoms with E-state index in [4.69, 9.17) is 0 Å². The van der Waals surface area contributed by atoms with Gasteiger partial charge in [-0.15, -0.1) is 11.3 Å². The van der Waals surface area contributed by atoms with E-state index in [-0.39, 0.29) is 0 Å². The molecule has 2 rings (SSSR count). The largest absolute Gasteiger partial charge is 0.305 e. The van der Waals surface area contributed by atoms with Gasteiger partial charge >= 0.3 is 0 Å². The molecule has 1 aliphatic rings. The highest BCUT2D eigenvalue weighted by atomic mass is 79.9. The average Bonchev–Trinajstić information content (AvgIpc) is 2.84. The summed E-state index contributed by atoms with van der Waals surface area (Å²) in [6.07, 6.45) is 0. The molecule has 0 saturated carbocycles. The molecule has 0 bridgehead atoms. The number of nitrogens with zero attached hydrogens (tertiary/aromatic N) is 2. The fourth-order valence-electron chi connectivity index (χ4n) is 2.36. The molecular weight excluding hydrogens is 336 g/mol. The number of hydrogen-bond donors (Lipinski definition) is 0. The van der Waals surface area contributed by atoms with Crippen molar-refractivity contribution < 1.29 is 8.42 Å². The van der Waals surface area contributed by atoms with Crippen molar-refractivity contribution in [3.8, 4) is 0 Å². The minimum absolute atomic E-state index is 0.290. The number of thiophene rings is 1. The minimum Gasteiger partial charge on any atom is -0.305 e. The van der Waals surface area contributed by atoms with Gasteiger partial charge in [-0.25, -0.2) is 8.42 Å². The van der Waals surface area contributed by atoms with E-state index in [2.05, 4.69) is 27.8 Å². The quantitative estimate of drug-likeness (QED) is 0.836. The third-order valence-electron chi connectivity index (χ3n) is 3.36. The van der Waals surface area contributed by atoms with Crippen molar-refractivity contribution in [2.75, 3.05) is 27.2 Å². The molecule has 2 unspecified atom stereocenters. The van der Waals surface area contributed by atoms with Gasteiger partial charge in [-0.1, -0.05) is 6.92 Å².